The molecule has 0 bridgehead atoms. The second-order valence-electron chi connectivity index (χ2n) is 6.49. The number of fused-ring (bicyclic) bond motifs is 1. The van der Waals surface area contributed by atoms with E-state index >= 15 is 0 Å². The summed E-state index contributed by atoms with van der Waals surface area (Å²) in [5, 5.41) is 5.85. The van der Waals surface area contributed by atoms with Crippen LogP contribution < -0.4 is 5.14 Å². The van der Waals surface area contributed by atoms with E-state index in [1.165, 1.54) is 0 Å². The van der Waals surface area contributed by atoms with Crippen LogP contribution in [0.1, 0.15) is 25.8 Å². The number of benzene rings is 1. The van der Waals surface area contributed by atoms with E-state index in [9.17, 15) is 13.2 Å². The van der Waals surface area contributed by atoms with Crippen molar-refractivity contribution in [3.05, 3.63) is 36.5 Å². The number of nitrogens with two attached hydrogens (primary N) is 1. The molecule has 7 heteroatoms. The van der Waals surface area contributed by atoms with Crippen LogP contribution in [-0.4, -0.2) is 48.6 Å². The Balaban J connectivity index is 1.63. The number of piperidine rings is 1. The van der Waals surface area contributed by atoms with E-state index in [-0.39, 0.29) is 11.8 Å². The Bertz CT molecular complexity index is 836. The van der Waals surface area contributed by atoms with Crippen molar-refractivity contribution in [1.29, 1.82) is 0 Å². The van der Waals surface area contributed by atoms with Gasteiger partial charge in [-0.15, -0.1) is 0 Å². The lowest BCUT2D eigenvalue weighted by Crippen LogP contribution is -2.44. The molecule has 6 nitrogen and oxygen atoms in total. The van der Waals surface area contributed by atoms with Crippen LogP contribution in [0.25, 0.3) is 10.9 Å². The molecule has 1 aliphatic heterocycles. The lowest BCUT2D eigenvalue weighted by atomic mass is 10.1. The maximum atomic E-state index is 12.6. The van der Waals surface area contributed by atoms with Gasteiger partial charge in [-0.25, -0.2) is 13.6 Å². The number of carbonyl (C=O) groups is 1. The molecular weight excluding hydrogens is 326 g/mol. The van der Waals surface area contributed by atoms with Gasteiger partial charge in [0.1, 0.15) is 0 Å². The highest BCUT2D eigenvalue weighted by Crippen LogP contribution is 2.21. The van der Waals surface area contributed by atoms with Crippen LogP contribution in [0.3, 0.4) is 0 Å². The zero-order valence-corrected chi connectivity index (χ0v) is 14.6. The number of hydrogen-bond donors (Lipinski definition) is 1. The smallest absolute Gasteiger partial charge is 0.212 e. The third-order valence-electron chi connectivity index (χ3n) is 4.89. The minimum Gasteiger partial charge on any atom is -0.337 e. The van der Waals surface area contributed by atoms with Gasteiger partial charge in [-0.3, -0.25) is 9.69 Å². The van der Waals surface area contributed by atoms with Gasteiger partial charge < -0.3 is 4.57 Å². The molecule has 2 heterocycles. The molecule has 2 N–H and O–H groups in total. The molecule has 2 aromatic rings. The summed E-state index contributed by atoms with van der Waals surface area (Å²) in [4.78, 5) is 14.6. The van der Waals surface area contributed by atoms with Gasteiger partial charge in [0.2, 0.25) is 10.0 Å². The molecule has 0 saturated carbocycles. The second kappa shape index (κ2) is 6.66. The van der Waals surface area contributed by atoms with E-state index in [4.69, 9.17) is 5.14 Å². The Labute approximate surface area is 142 Å². The lowest BCUT2D eigenvalue weighted by Gasteiger charge is -2.31. The van der Waals surface area contributed by atoms with Crippen molar-refractivity contribution < 1.29 is 13.2 Å². The lowest BCUT2D eigenvalue weighted by molar-refractivity contribution is -0.123. The molecule has 1 aliphatic rings. The second-order valence-corrected chi connectivity index (χ2v) is 8.33. The third-order valence-corrected chi connectivity index (χ3v) is 6.29. The minimum atomic E-state index is -3.47. The standard InChI is InChI=1S/C17H23N3O3S/c1-13(20-11-6-14-4-2-3-5-16(14)20)17(21)12-19-9-7-15(8-10-19)24(18,22)23/h2-6,11,13,15H,7-10,12H2,1H3,(H2,18,22,23). The van der Waals surface area contributed by atoms with Crippen LogP contribution >= 0.6 is 0 Å². The quantitative estimate of drug-likeness (QED) is 0.887. The Kier molecular flexibility index (Phi) is 4.76. The van der Waals surface area contributed by atoms with Crippen LogP contribution in [0.2, 0.25) is 0 Å². The Morgan fingerprint density at radius 2 is 1.92 bits per heavy atom. The third kappa shape index (κ3) is 3.53. The summed E-state index contributed by atoms with van der Waals surface area (Å²) in [5.41, 5.74) is 1.05. The van der Waals surface area contributed by atoms with Crippen molar-refractivity contribution in [2.45, 2.75) is 31.1 Å². The van der Waals surface area contributed by atoms with Crippen LogP contribution in [0, 0.1) is 0 Å². The minimum absolute atomic E-state index is 0.130. The highest BCUT2D eigenvalue weighted by atomic mass is 32.2. The van der Waals surface area contributed by atoms with E-state index in [0.717, 1.165) is 10.9 Å². The molecule has 0 aliphatic carbocycles. The number of rotatable bonds is 5. The maximum Gasteiger partial charge on any atom is 0.212 e. The summed E-state index contributed by atoms with van der Waals surface area (Å²) in [6, 6.07) is 9.75. The zero-order valence-electron chi connectivity index (χ0n) is 13.8. The number of primary sulfonamides is 1. The molecule has 3 rings (SSSR count). The van der Waals surface area contributed by atoms with Gasteiger partial charge >= 0.3 is 0 Å². The van der Waals surface area contributed by atoms with Crippen molar-refractivity contribution in [1.82, 2.24) is 9.47 Å². The highest BCUT2D eigenvalue weighted by Gasteiger charge is 2.29. The SMILES string of the molecule is CC(C(=O)CN1CCC(S(N)(=O)=O)CC1)n1ccc2ccccc21. The van der Waals surface area contributed by atoms with E-state index in [0.29, 0.717) is 32.5 Å². The summed E-state index contributed by atoms with van der Waals surface area (Å²) < 4.78 is 24.8. The number of sulfonamides is 1. The normalized spacial score (nSPS) is 18.8. The summed E-state index contributed by atoms with van der Waals surface area (Å²) in [6.45, 7) is 3.43. The highest BCUT2D eigenvalue weighted by molar-refractivity contribution is 7.89. The Morgan fingerprint density at radius 1 is 1.25 bits per heavy atom. The number of ketones is 1. The molecule has 1 saturated heterocycles. The first-order valence-electron chi connectivity index (χ1n) is 8.18. The number of nitrogens with zero attached hydrogens (tertiary/aromatic N) is 2. The average Bonchev–Trinajstić information content (AvgIpc) is 2.97. The molecule has 1 atom stereocenters. The number of carbonyl (C=O) groups excluding carboxylic acids is 1. The fraction of sp³-hybridized carbons (Fsp3) is 0.471. The Morgan fingerprint density at radius 3 is 2.58 bits per heavy atom. The van der Waals surface area contributed by atoms with Gasteiger partial charge in [0.15, 0.2) is 5.78 Å². The monoisotopic (exact) mass is 349 g/mol. The van der Waals surface area contributed by atoms with Crippen LogP contribution in [-0.2, 0) is 14.8 Å². The van der Waals surface area contributed by atoms with Gasteiger partial charge in [-0.2, -0.15) is 0 Å². The van der Waals surface area contributed by atoms with Crippen molar-refractivity contribution >= 4 is 26.7 Å². The molecule has 0 spiro atoms. The molecule has 1 aromatic carbocycles. The zero-order chi connectivity index (χ0) is 17.3. The predicted octanol–water partition coefficient (Wildman–Crippen LogP) is 1.52. The summed E-state index contributed by atoms with van der Waals surface area (Å²) in [5.74, 6) is 0.130. The van der Waals surface area contributed by atoms with Crippen molar-refractivity contribution in [2.24, 2.45) is 5.14 Å². The molecular formula is C17H23N3O3S. The molecule has 1 fully saturated rings. The first-order chi connectivity index (χ1) is 11.4. The molecule has 130 valence electrons. The van der Waals surface area contributed by atoms with Crippen molar-refractivity contribution in [2.75, 3.05) is 19.6 Å². The van der Waals surface area contributed by atoms with Crippen molar-refractivity contribution in [3.8, 4) is 0 Å². The topological polar surface area (TPSA) is 85.4 Å². The fourth-order valence-electron chi connectivity index (χ4n) is 3.35. The molecule has 24 heavy (non-hydrogen) atoms. The van der Waals surface area contributed by atoms with E-state index < -0.39 is 15.3 Å². The van der Waals surface area contributed by atoms with E-state index in [1.54, 1.807) is 0 Å². The number of para-hydroxylation sites is 1. The van der Waals surface area contributed by atoms with Crippen LogP contribution in [0.5, 0.6) is 0 Å². The van der Waals surface area contributed by atoms with Crippen LogP contribution in [0.4, 0.5) is 0 Å². The maximum absolute atomic E-state index is 12.6. The molecule has 1 unspecified atom stereocenters. The molecule has 0 amide bonds. The number of likely N-dealkylation sites (tertiary alicyclic amines) is 1. The van der Waals surface area contributed by atoms with Crippen LogP contribution in [0.15, 0.2) is 36.5 Å². The summed E-state index contributed by atoms with van der Waals surface area (Å²) >= 11 is 0. The van der Waals surface area contributed by atoms with Crippen molar-refractivity contribution in [3.63, 3.8) is 0 Å². The molecule has 0 radical (unpaired) electrons. The average molecular weight is 349 g/mol. The number of aromatic nitrogens is 1. The molecule has 1 aromatic heterocycles. The van der Waals surface area contributed by atoms with Gasteiger partial charge in [0, 0.05) is 11.7 Å². The van der Waals surface area contributed by atoms with Gasteiger partial charge in [0.25, 0.3) is 0 Å². The summed E-state index contributed by atoms with van der Waals surface area (Å²) in [6.07, 6.45) is 2.93. The first-order valence-corrected chi connectivity index (χ1v) is 9.79. The largest absolute Gasteiger partial charge is 0.337 e. The van der Waals surface area contributed by atoms with E-state index in [2.05, 4.69) is 0 Å². The first kappa shape index (κ1) is 17.1. The Hall–Kier alpha value is -1.70. The number of hydrogen-bond acceptors (Lipinski definition) is 4. The van der Waals surface area contributed by atoms with Gasteiger partial charge in [-0.05, 0) is 50.4 Å². The summed E-state index contributed by atoms with van der Waals surface area (Å²) in [7, 11) is -3.47. The fourth-order valence-corrected chi connectivity index (χ4v) is 4.21. The van der Waals surface area contributed by atoms with Gasteiger partial charge in [-0.1, -0.05) is 18.2 Å². The predicted molar refractivity (Wildman–Crippen MR) is 94.2 cm³/mol. The van der Waals surface area contributed by atoms with E-state index in [1.807, 2.05) is 52.9 Å². The number of Topliss-reactive ketones (excluding diaryl/α,β-unsaturated/α-hetero) is 1. The van der Waals surface area contributed by atoms with Gasteiger partial charge in [0.05, 0.1) is 17.8 Å².